The van der Waals surface area contributed by atoms with E-state index in [2.05, 4.69) is 15.5 Å². The van der Waals surface area contributed by atoms with Gasteiger partial charge in [0.05, 0.1) is 7.11 Å². The van der Waals surface area contributed by atoms with Crippen LogP contribution >= 0.6 is 11.8 Å². The van der Waals surface area contributed by atoms with Crippen molar-refractivity contribution in [2.75, 3.05) is 19.4 Å². The van der Waals surface area contributed by atoms with E-state index in [1.54, 1.807) is 11.8 Å². The molecule has 0 saturated heterocycles. The van der Waals surface area contributed by atoms with Gasteiger partial charge in [-0.25, -0.2) is 0 Å². The predicted octanol–water partition coefficient (Wildman–Crippen LogP) is 1.15. The zero-order valence-corrected chi connectivity index (χ0v) is 13.0. The number of carbonyl (C=O) groups excluding carboxylic acids is 1. The molecule has 0 bridgehead atoms. The van der Waals surface area contributed by atoms with Gasteiger partial charge >= 0.3 is 5.97 Å². The maximum absolute atomic E-state index is 11.8. The predicted molar refractivity (Wildman–Crippen MR) is 75.2 cm³/mol. The third-order valence-corrected chi connectivity index (χ3v) is 4.11. The average Bonchev–Trinajstić information content (AvgIpc) is 2.70. The third kappa shape index (κ3) is 3.94. The fourth-order valence-electron chi connectivity index (χ4n) is 1.74. The van der Waals surface area contributed by atoms with E-state index >= 15 is 0 Å². The molecule has 0 radical (unpaired) electrons. The Hall–Kier alpha value is -1.08. The lowest BCUT2D eigenvalue weighted by molar-refractivity contribution is -0.147. The van der Waals surface area contributed by atoms with Gasteiger partial charge in [-0.15, -0.1) is 10.2 Å². The molecule has 1 aromatic rings. The van der Waals surface area contributed by atoms with Crippen LogP contribution in [0.4, 0.5) is 0 Å². The second kappa shape index (κ2) is 6.91. The van der Waals surface area contributed by atoms with Crippen molar-refractivity contribution < 1.29 is 9.53 Å². The van der Waals surface area contributed by atoms with Gasteiger partial charge in [0.25, 0.3) is 0 Å². The Balaban J connectivity index is 2.58. The van der Waals surface area contributed by atoms with Crippen LogP contribution in [0.25, 0.3) is 0 Å². The number of aryl methyl sites for hydroxylation is 1. The number of rotatable bonds is 7. The lowest BCUT2D eigenvalue weighted by atomic mass is 9.99. The first-order valence-electron chi connectivity index (χ1n) is 6.27. The topological polar surface area (TPSA) is 69.0 Å². The number of nitrogens with zero attached hydrogens (tertiary/aromatic N) is 3. The molecule has 1 rings (SSSR count). The van der Waals surface area contributed by atoms with Gasteiger partial charge in [-0.3, -0.25) is 4.79 Å². The summed E-state index contributed by atoms with van der Waals surface area (Å²) < 4.78 is 6.79. The fourth-order valence-corrected chi connectivity index (χ4v) is 2.86. The molecule has 108 valence electrons. The Morgan fingerprint density at radius 3 is 2.68 bits per heavy atom. The highest BCUT2D eigenvalue weighted by Gasteiger charge is 2.32. The summed E-state index contributed by atoms with van der Waals surface area (Å²) in [6.07, 6.45) is 0.671. The van der Waals surface area contributed by atoms with Crippen LogP contribution in [0, 0.1) is 6.92 Å². The van der Waals surface area contributed by atoms with Crippen molar-refractivity contribution in [1.29, 1.82) is 0 Å². The van der Waals surface area contributed by atoms with Crippen LogP contribution in [0.1, 0.15) is 26.1 Å². The van der Waals surface area contributed by atoms with Crippen LogP contribution in [0.2, 0.25) is 0 Å². The van der Waals surface area contributed by atoms with E-state index < -0.39 is 5.54 Å². The number of nitrogens with one attached hydrogen (secondary N) is 1. The summed E-state index contributed by atoms with van der Waals surface area (Å²) in [6, 6.07) is 0. The highest BCUT2D eigenvalue weighted by atomic mass is 32.2. The van der Waals surface area contributed by atoms with E-state index in [1.165, 1.54) is 7.11 Å². The minimum atomic E-state index is -0.649. The normalized spacial score (nSPS) is 14.2. The molecule has 0 aromatic carbocycles. The highest BCUT2D eigenvalue weighted by molar-refractivity contribution is 7.99. The van der Waals surface area contributed by atoms with Gasteiger partial charge in [0.2, 0.25) is 0 Å². The summed E-state index contributed by atoms with van der Waals surface area (Å²) in [4.78, 5) is 11.8. The zero-order chi connectivity index (χ0) is 14.5. The SMILES string of the molecule is CCNC(C)(CCSc1nnc(C)n1C)C(=O)OC. The molecule has 1 N–H and O–H groups in total. The summed E-state index contributed by atoms with van der Waals surface area (Å²) in [5, 5.41) is 12.1. The third-order valence-electron chi connectivity index (χ3n) is 3.09. The molecule has 0 fully saturated rings. The first-order valence-corrected chi connectivity index (χ1v) is 7.25. The smallest absolute Gasteiger partial charge is 0.325 e. The molecule has 1 aromatic heterocycles. The van der Waals surface area contributed by atoms with Crippen LogP contribution in [-0.4, -0.2) is 45.7 Å². The van der Waals surface area contributed by atoms with E-state index in [-0.39, 0.29) is 5.97 Å². The number of aromatic nitrogens is 3. The van der Waals surface area contributed by atoms with Crippen molar-refractivity contribution >= 4 is 17.7 Å². The number of ether oxygens (including phenoxy) is 1. The summed E-state index contributed by atoms with van der Waals surface area (Å²) in [6.45, 7) is 6.47. The molecular weight excluding hydrogens is 264 g/mol. The molecule has 0 aliphatic rings. The Labute approximate surface area is 118 Å². The molecule has 19 heavy (non-hydrogen) atoms. The molecule has 1 heterocycles. The van der Waals surface area contributed by atoms with E-state index in [9.17, 15) is 4.79 Å². The van der Waals surface area contributed by atoms with Gasteiger partial charge in [-0.1, -0.05) is 18.7 Å². The number of methoxy groups -OCH3 is 1. The average molecular weight is 286 g/mol. The quantitative estimate of drug-likeness (QED) is 0.599. The van der Waals surface area contributed by atoms with Gasteiger partial charge < -0.3 is 14.6 Å². The summed E-state index contributed by atoms with van der Waals surface area (Å²) in [5.74, 6) is 1.42. The van der Waals surface area contributed by atoms with Gasteiger partial charge in [0, 0.05) is 12.8 Å². The van der Waals surface area contributed by atoms with Gasteiger partial charge in [-0.05, 0) is 26.8 Å². The number of carbonyl (C=O) groups is 1. The number of esters is 1. The minimum absolute atomic E-state index is 0.232. The molecule has 0 aliphatic carbocycles. The van der Waals surface area contributed by atoms with Crippen LogP contribution in [0.5, 0.6) is 0 Å². The van der Waals surface area contributed by atoms with E-state index in [0.29, 0.717) is 6.42 Å². The Morgan fingerprint density at radius 1 is 1.53 bits per heavy atom. The molecule has 0 spiro atoms. The maximum atomic E-state index is 11.8. The second-order valence-corrected chi connectivity index (χ2v) is 5.60. The number of hydrogen-bond donors (Lipinski definition) is 1. The van der Waals surface area contributed by atoms with Crippen molar-refractivity contribution in [2.24, 2.45) is 7.05 Å². The van der Waals surface area contributed by atoms with Crippen LogP contribution in [0.3, 0.4) is 0 Å². The van der Waals surface area contributed by atoms with Gasteiger partial charge in [-0.2, -0.15) is 0 Å². The molecule has 1 unspecified atom stereocenters. The van der Waals surface area contributed by atoms with Crippen molar-refractivity contribution in [1.82, 2.24) is 20.1 Å². The van der Waals surface area contributed by atoms with Crippen molar-refractivity contribution in [3.05, 3.63) is 5.82 Å². The van der Waals surface area contributed by atoms with Gasteiger partial charge in [0.15, 0.2) is 5.16 Å². The van der Waals surface area contributed by atoms with E-state index in [1.807, 2.05) is 32.4 Å². The lowest BCUT2D eigenvalue weighted by Crippen LogP contribution is -2.50. The molecule has 1 atom stereocenters. The number of hydrogen-bond acceptors (Lipinski definition) is 6. The summed E-state index contributed by atoms with van der Waals surface area (Å²) in [5.41, 5.74) is -0.649. The maximum Gasteiger partial charge on any atom is 0.325 e. The van der Waals surface area contributed by atoms with Gasteiger partial charge in [0.1, 0.15) is 11.4 Å². The molecule has 0 saturated carbocycles. The molecule has 7 heteroatoms. The largest absolute Gasteiger partial charge is 0.468 e. The Bertz CT molecular complexity index is 435. The number of likely N-dealkylation sites (N-methyl/N-ethyl adjacent to an activating group) is 1. The monoisotopic (exact) mass is 286 g/mol. The van der Waals surface area contributed by atoms with Crippen LogP contribution in [-0.2, 0) is 16.6 Å². The Kier molecular flexibility index (Phi) is 5.81. The molecule has 6 nitrogen and oxygen atoms in total. The van der Waals surface area contributed by atoms with Crippen molar-refractivity contribution in [2.45, 2.75) is 37.9 Å². The number of thioether (sulfide) groups is 1. The summed E-state index contributed by atoms with van der Waals surface area (Å²) in [7, 11) is 3.35. The fraction of sp³-hybridized carbons (Fsp3) is 0.750. The molecule has 0 amide bonds. The zero-order valence-electron chi connectivity index (χ0n) is 12.2. The Morgan fingerprint density at radius 2 is 2.21 bits per heavy atom. The lowest BCUT2D eigenvalue weighted by Gasteiger charge is -2.27. The highest BCUT2D eigenvalue weighted by Crippen LogP contribution is 2.21. The van der Waals surface area contributed by atoms with E-state index in [0.717, 1.165) is 23.3 Å². The first kappa shape index (κ1) is 16.0. The van der Waals surface area contributed by atoms with Crippen molar-refractivity contribution in [3.63, 3.8) is 0 Å². The van der Waals surface area contributed by atoms with Crippen molar-refractivity contribution in [3.8, 4) is 0 Å². The van der Waals surface area contributed by atoms with E-state index in [4.69, 9.17) is 4.74 Å². The van der Waals surface area contributed by atoms with Crippen LogP contribution < -0.4 is 5.32 Å². The first-order chi connectivity index (χ1) is 8.94. The van der Waals surface area contributed by atoms with Crippen LogP contribution in [0.15, 0.2) is 5.16 Å². The summed E-state index contributed by atoms with van der Waals surface area (Å²) >= 11 is 1.59. The second-order valence-electron chi connectivity index (χ2n) is 4.54. The molecule has 0 aliphatic heterocycles. The standard InChI is InChI=1S/C12H22N4O2S/c1-6-13-12(3,10(17)18-5)7-8-19-11-15-14-9(2)16(11)4/h13H,6-8H2,1-5H3. The molecular formula is C12H22N4O2S. The minimum Gasteiger partial charge on any atom is -0.468 e.